The van der Waals surface area contributed by atoms with Crippen LogP contribution in [-0.2, 0) is 11.2 Å². The zero-order chi connectivity index (χ0) is 16.1. The number of nitrogens with zero attached hydrogens (tertiary/aromatic N) is 1. The highest BCUT2D eigenvalue weighted by Gasteiger charge is 2.11. The summed E-state index contributed by atoms with van der Waals surface area (Å²) < 4.78 is 0. The third-order valence-electron chi connectivity index (χ3n) is 3.14. The maximum atomic E-state index is 12.0. The topological polar surface area (TPSA) is 74.8 Å². The quantitative estimate of drug-likeness (QED) is 0.649. The van der Waals surface area contributed by atoms with Gasteiger partial charge in [-0.05, 0) is 31.7 Å². The fourth-order valence-corrected chi connectivity index (χ4v) is 2.60. The van der Waals surface area contributed by atoms with Crippen molar-refractivity contribution < 1.29 is 4.79 Å². The maximum absolute atomic E-state index is 12.0. The van der Waals surface area contributed by atoms with Crippen LogP contribution < -0.4 is 10.9 Å². The van der Waals surface area contributed by atoms with E-state index in [9.17, 15) is 9.59 Å². The van der Waals surface area contributed by atoms with E-state index in [1.165, 1.54) is 11.8 Å². The standard InChI is InChI=1S/C15H16ClN3O2S/c1-9-10(14(21)19-15(17-9)22-2)7-8-13(20)18-12-6-4-3-5-11(12)16/h3-6H,7-8H2,1-2H3,(H,18,20)(H,17,19,21). The van der Waals surface area contributed by atoms with Crippen molar-refractivity contribution in [2.75, 3.05) is 11.6 Å². The molecule has 2 aromatic rings. The number of thioether (sulfide) groups is 1. The number of carbonyl (C=O) groups excluding carboxylic acids is 1. The number of aryl methyl sites for hydroxylation is 1. The van der Waals surface area contributed by atoms with Crippen LogP contribution in [0, 0.1) is 6.92 Å². The monoisotopic (exact) mass is 337 g/mol. The molecular weight excluding hydrogens is 322 g/mol. The number of anilines is 1. The lowest BCUT2D eigenvalue weighted by atomic mass is 10.1. The number of halogens is 1. The van der Waals surface area contributed by atoms with Crippen molar-refractivity contribution in [1.82, 2.24) is 9.97 Å². The minimum absolute atomic E-state index is 0.190. The van der Waals surface area contributed by atoms with E-state index in [1.54, 1.807) is 31.2 Å². The summed E-state index contributed by atoms with van der Waals surface area (Å²) in [6.07, 6.45) is 2.36. The third-order valence-corrected chi connectivity index (χ3v) is 4.05. The van der Waals surface area contributed by atoms with Gasteiger partial charge < -0.3 is 10.3 Å². The van der Waals surface area contributed by atoms with E-state index in [-0.39, 0.29) is 17.9 Å². The van der Waals surface area contributed by atoms with Gasteiger partial charge in [0.15, 0.2) is 5.16 Å². The molecule has 0 aliphatic rings. The number of nitrogens with one attached hydrogen (secondary N) is 2. The highest BCUT2D eigenvalue weighted by Crippen LogP contribution is 2.20. The summed E-state index contributed by atoms with van der Waals surface area (Å²) in [4.78, 5) is 30.9. The van der Waals surface area contributed by atoms with E-state index >= 15 is 0 Å². The summed E-state index contributed by atoms with van der Waals surface area (Å²) in [6, 6.07) is 7.02. The lowest BCUT2D eigenvalue weighted by molar-refractivity contribution is -0.116. The van der Waals surface area contributed by atoms with Crippen molar-refractivity contribution in [2.45, 2.75) is 24.9 Å². The van der Waals surface area contributed by atoms with Crippen molar-refractivity contribution in [3.63, 3.8) is 0 Å². The van der Waals surface area contributed by atoms with E-state index in [4.69, 9.17) is 11.6 Å². The van der Waals surface area contributed by atoms with Gasteiger partial charge in [-0.1, -0.05) is 35.5 Å². The molecule has 1 aromatic carbocycles. The Kier molecular flexibility index (Phi) is 5.63. The number of carbonyl (C=O) groups is 1. The van der Waals surface area contributed by atoms with Gasteiger partial charge in [-0.25, -0.2) is 4.98 Å². The van der Waals surface area contributed by atoms with E-state index in [1.807, 2.05) is 6.26 Å². The first-order chi connectivity index (χ1) is 10.5. The summed E-state index contributed by atoms with van der Waals surface area (Å²) in [5, 5.41) is 3.79. The molecule has 0 spiro atoms. The van der Waals surface area contributed by atoms with Gasteiger partial charge in [0.1, 0.15) is 0 Å². The van der Waals surface area contributed by atoms with Crippen LogP contribution in [0.1, 0.15) is 17.7 Å². The summed E-state index contributed by atoms with van der Waals surface area (Å²) in [7, 11) is 0. The smallest absolute Gasteiger partial charge is 0.254 e. The second kappa shape index (κ2) is 7.47. The van der Waals surface area contributed by atoms with Gasteiger partial charge in [-0.15, -0.1) is 0 Å². The van der Waals surface area contributed by atoms with Crippen LogP contribution in [0.5, 0.6) is 0 Å². The summed E-state index contributed by atoms with van der Waals surface area (Å²) in [5.41, 5.74) is 1.56. The van der Waals surface area contributed by atoms with Crippen molar-refractivity contribution in [1.29, 1.82) is 0 Å². The van der Waals surface area contributed by atoms with Crippen molar-refractivity contribution in [3.05, 3.63) is 50.9 Å². The van der Waals surface area contributed by atoms with Crippen LogP contribution in [0.3, 0.4) is 0 Å². The first-order valence-electron chi connectivity index (χ1n) is 6.69. The predicted octanol–water partition coefficient (Wildman–Crippen LogP) is 3.02. The third kappa shape index (κ3) is 4.11. The molecule has 0 aliphatic heterocycles. The minimum Gasteiger partial charge on any atom is -0.325 e. The second-order valence-corrected chi connectivity index (χ2v) is 5.87. The minimum atomic E-state index is -0.194. The SMILES string of the molecule is CSc1nc(C)c(CCC(=O)Nc2ccccc2Cl)c(=O)[nH]1. The number of hydrogen-bond acceptors (Lipinski definition) is 4. The number of aromatic amines is 1. The number of aromatic nitrogens is 2. The van der Waals surface area contributed by atoms with Gasteiger partial charge in [-0.3, -0.25) is 9.59 Å². The molecule has 0 bridgehead atoms. The number of H-pyrrole nitrogens is 1. The fourth-order valence-electron chi connectivity index (χ4n) is 1.99. The number of rotatable bonds is 5. The second-order valence-electron chi connectivity index (χ2n) is 4.67. The molecule has 0 radical (unpaired) electrons. The van der Waals surface area contributed by atoms with Crippen molar-refractivity contribution >= 4 is 35.0 Å². The lowest BCUT2D eigenvalue weighted by Crippen LogP contribution is -2.20. The Morgan fingerprint density at radius 1 is 1.41 bits per heavy atom. The Labute approximate surface area is 137 Å². The molecule has 1 aromatic heterocycles. The van der Waals surface area contributed by atoms with Gasteiger partial charge in [-0.2, -0.15) is 0 Å². The first kappa shape index (κ1) is 16.6. The van der Waals surface area contributed by atoms with Crippen LogP contribution in [-0.4, -0.2) is 22.1 Å². The van der Waals surface area contributed by atoms with Gasteiger partial charge in [0.25, 0.3) is 5.56 Å². The lowest BCUT2D eigenvalue weighted by Gasteiger charge is -2.08. The molecule has 1 heterocycles. The number of amides is 1. The van der Waals surface area contributed by atoms with E-state index in [0.717, 1.165) is 0 Å². The Balaban J connectivity index is 2.03. The van der Waals surface area contributed by atoms with E-state index in [2.05, 4.69) is 15.3 Å². The largest absolute Gasteiger partial charge is 0.325 e. The van der Waals surface area contributed by atoms with Crippen LogP contribution in [0.2, 0.25) is 5.02 Å². The molecule has 5 nitrogen and oxygen atoms in total. The van der Waals surface area contributed by atoms with Gasteiger partial charge in [0, 0.05) is 17.7 Å². The molecule has 22 heavy (non-hydrogen) atoms. The normalized spacial score (nSPS) is 10.5. The Bertz CT molecular complexity index is 746. The van der Waals surface area contributed by atoms with Crippen LogP contribution >= 0.6 is 23.4 Å². The average Bonchev–Trinajstić information content (AvgIpc) is 2.48. The molecule has 2 rings (SSSR count). The van der Waals surface area contributed by atoms with Crippen molar-refractivity contribution in [3.8, 4) is 0 Å². The number of hydrogen-bond donors (Lipinski definition) is 2. The van der Waals surface area contributed by atoms with Crippen LogP contribution in [0.15, 0.2) is 34.2 Å². The molecule has 0 aliphatic carbocycles. The molecule has 0 fully saturated rings. The highest BCUT2D eigenvalue weighted by molar-refractivity contribution is 7.98. The fraction of sp³-hybridized carbons (Fsp3) is 0.267. The predicted molar refractivity (Wildman–Crippen MR) is 89.8 cm³/mol. The molecule has 1 amide bonds. The first-order valence-corrected chi connectivity index (χ1v) is 8.29. The molecule has 7 heteroatoms. The van der Waals surface area contributed by atoms with Gasteiger partial charge in [0.05, 0.1) is 10.7 Å². The maximum Gasteiger partial charge on any atom is 0.254 e. The Morgan fingerprint density at radius 3 is 2.77 bits per heavy atom. The van der Waals surface area contributed by atoms with Crippen molar-refractivity contribution in [2.24, 2.45) is 0 Å². The van der Waals surface area contributed by atoms with Gasteiger partial charge >= 0.3 is 0 Å². The van der Waals surface area contributed by atoms with E-state index < -0.39 is 0 Å². The summed E-state index contributed by atoms with van der Waals surface area (Å²) in [5.74, 6) is -0.194. The zero-order valence-corrected chi connectivity index (χ0v) is 13.8. The Morgan fingerprint density at radius 2 is 2.14 bits per heavy atom. The zero-order valence-electron chi connectivity index (χ0n) is 12.3. The molecule has 116 valence electrons. The summed E-state index contributed by atoms with van der Waals surface area (Å²) >= 11 is 7.36. The molecule has 0 saturated carbocycles. The van der Waals surface area contributed by atoms with E-state index in [0.29, 0.717) is 33.5 Å². The molecule has 2 N–H and O–H groups in total. The Hall–Kier alpha value is -1.79. The molecule has 0 unspecified atom stereocenters. The highest BCUT2D eigenvalue weighted by atomic mass is 35.5. The van der Waals surface area contributed by atoms with Crippen LogP contribution in [0.25, 0.3) is 0 Å². The molecule has 0 saturated heterocycles. The molecular formula is C15H16ClN3O2S. The average molecular weight is 338 g/mol. The number of para-hydroxylation sites is 1. The van der Waals surface area contributed by atoms with Gasteiger partial charge in [0.2, 0.25) is 5.91 Å². The van der Waals surface area contributed by atoms with Crippen LogP contribution in [0.4, 0.5) is 5.69 Å². The summed E-state index contributed by atoms with van der Waals surface area (Å²) in [6.45, 7) is 1.77. The number of benzene rings is 1. The molecule has 0 atom stereocenters.